The van der Waals surface area contributed by atoms with E-state index in [1.54, 1.807) is 18.6 Å². The summed E-state index contributed by atoms with van der Waals surface area (Å²) in [5, 5.41) is 6.08. The summed E-state index contributed by atoms with van der Waals surface area (Å²) in [6.45, 7) is 3.07. The Morgan fingerprint density at radius 1 is 1.28 bits per heavy atom. The third kappa shape index (κ3) is 7.34. The summed E-state index contributed by atoms with van der Waals surface area (Å²) >= 11 is 0. The minimum Gasteiger partial charge on any atom is -0.338 e. The van der Waals surface area contributed by atoms with Crippen molar-refractivity contribution in [2.45, 2.75) is 25.8 Å². The van der Waals surface area contributed by atoms with E-state index in [2.05, 4.69) is 15.6 Å². The van der Waals surface area contributed by atoms with Gasteiger partial charge in [0.2, 0.25) is 5.91 Å². The maximum atomic E-state index is 12.9. The number of aromatic nitrogens is 2. The predicted octanol–water partition coefficient (Wildman–Crippen LogP) is 2.83. The van der Waals surface area contributed by atoms with E-state index < -0.39 is 0 Å². The number of benzene rings is 1. The molecule has 1 aliphatic rings. The molecule has 0 saturated carbocycles. The van der Waals surface area contributed by atoms with Crippen molar-refractivity contribution in [2.24, 2.45) is 5.92 Å². The molecule has 1 aromatic heterocycles. The number of aryl methyl sites for hydroxylation is 1. The molecule has 2 amide bonds. The Balaban J connectivity index is 0.00000210. The van der Waals surface area contributed by atoms with E-state index in [1.807, 2.05) is 40.9 Å². The zero-order valence-corrected chi connectivity index (χ0v) is 18.2. The number of halogens is 2. The van der Waals surface area contributed by atoms with Crippen molar-refractivity contribution in [2.75, 3.05) is 32.0 Å². The van der Waals surface area contributed by atoms with Crippen LogP contribution in [0.4, 0.5) is 5.69 Å². The first kappa shape index (κ1) is 24.9. The highest BCUT2D eigenvalue weighted by Crippen LogP contribution is 2.19. The molecule has 1 saturated heterocycles. The predicted molar refractivity (Wildman–Crippen MR) is 119 cm³/mol. The van der Waals surface area contributed by atoms with Gasteiger partial charge < -0.3 is 20.1 Å². The first-order valence-corrected chi connectivity index (χ1v) is 9.45. The van der Waals surface area contributed by atoms with Gasteiger partial charge in [0.25, 0.3) is 5.91 Å². The minimum atomic E-state index is -0.0830. The van der Waals surface area contributed by atoms with Crippen LogP contribution < -0.4 is 10.6 Å². The van der Waals surface area contributed by atoms with Crippen LogP contribution in [0.3, 0.4) is 0 Å². The Bertz CT molecular complexity index is 768. The topological polar surface area (TPSA) is 79.3 Å². The Hall–Kier alpha value is -2.09. The summed E-state index contributed by atoms with van der Waals surface area (Å²) in [4.78, 5) is 30.9. The molecule has 2 heterocycles. The van der Waals surface area contributed by atoms with Crippen LogP contribution in [0.25, 0.3) is 0 Å². The number of rotatable bonds is 7. The SMILES string of the molecule is CNCC1CCCN(C(=O)c2cccc(NC(=O)CCn3ccnc3)c2)C1.Cl.Cl. The molecule has 0 aliphatic carbocycles. The van der Waals surface area contributed by atoms with Crippen molar-refractivity contribution < 1.29 is 9.59 Å². The molecule has 0 bridgehead atoms. The third-order valence-electron chi connectivity index (χ3n) is 4.85. The molecule has 1 aromatic carbocycles. The van der Waals surface area contributed by atoms with E-state index in [-0.39, 0.29) is 36.6 Å². The Kier molecular flexibility index (Phi) is 10.7. The number of anilines is 1. The molecule has 2 aromatic rings. The van der Waals surface area contributed by atoms with Gasteiger partial charge in [0, 0.05) is 49.7 Å². The molecule has 1 unspecified atom stereocenters. The lowest BCUT2D eigenvalue weighted by Crippen LogP contribution is -2.42. The molecular formula is C20H29Cl2N5O2. The number of nitrogens with zero attached hydrogens (tertiary/aromatic N) is 3. The van der Waals surface area contributed by atoms with Crippen LogP contribution in [0.15, 0.2) is 43.0 Å². The Morgan fingerprint density at radius 3 is 2.83 bits per heavy atom. The fraction of sp³-hybridized carbons (Fsp3) is 0.450. The van der Waals surface area contributed by atoms with Gasteiger partial charge in [-0.2, -0.15) is 0 Å². The number of carbonyl (C=O) groups excluding carboxylic acids is 2. The molecule has 3 rings (SSSR count). The highest BCUT2D eigenvalue weighted by atomic mass is 35.5. The number of hydrogen-bond donors (Lipinski definition) is 2. The smallest absolute Gasteiger partial charge is 0.253 e. The van der Waals surface area contributed by atoms with Gasteiger partial charge in [0.1, 0.15) is 0 Å². The van der Waals surface area contributed by atoms with Gasteiger partial charge in [-0.25, -0.2) is 4.98 Å². The molecule has 29 heavy (non-hydrogen) atoms. The number of likely N-dealkylation sites (tertiary alicyclic amines) is 1. The molecule has 160 valence electrons. The summed E-state index contributed by atoms with van der Waals surface area (Å²) in [7, 11) is 1.94. The van der Waals surface area contributed by atoms with Crippen LogP contribution in [0.5, 0.6) is 0 Å². The average molecular weight is 442 g/mol. The fourth-order valence-electron chi connectivity index (χ4n) is 3.49. The summed E-state index contributed by atoms with van der Waals surface area (Å²) in [5.41, 5.74) is 1.27. The largest absolute Gasteiger partial charge is 0.338 e. The molecule has 1 aliphatic heterocycles. The summed E-state index contributed by atoms with van der Waals surface area (Å²) in [6.07, 6.45) is 7.74. The molecule has 7 nitrogen and oxygen atoms in total. The Labute approximate surface area is 184 Å². The first-order chi connectivity index (χ1) is 13.2. The van der Waals surface area contributed by atoms with Gasteiger partial charge in [0.05, 0.1) is 6.33 Å². The second kappa shape index (κ2) is 12.5. The third-order valence-corrected chi connectivity index (χ3v) is 4.85. The number of hydrogen-bond acceptors (Lipinski definition) is 4. The fourth-order valence-corrected chi connectivity index (χ4v) is 3.49. The van der Waals surface area contributed by atoms with Crippen molar-refractivity contribution >= 4 is 42.3 Å². The average Bonchev–Trinajstić information content (AvgIpc) is 3.20. The number of piperidine rings is 1. The van der Waals surface area contributed by atoms with Gasteiger partial charge in [-0.15, -0.1) is 24.8 Å². The standard InChI is InChI=1S/C20H27N5O2.2ClH/c1-21-13-16-4-3-9-25(14-16)20(27)17-5-2-6-18(12-17)23-19(26)7-10-24-11-8-22-15-24;;/h2,5-6,8,11-12,15-16,21H,3-4,7,9-10,13-14H2,1H3,(H,23,26);2*1H. The molecule has 0 spiro atoms. The number of nitrogens with one attached hydrogen (secondary N) is 2. The second-order valence-electron chi connectivity index (χ2n) is 7.00. The lowest BCUT2D eigenvalue weighted by Gasteiger charge is -2.32. The lowest BCUT2D eigenvalue weighted by molar-refractivity contribution is -0.116. The molecule has 2 N–H and O–H groups in total. The van der Waals surface area contributed by atoms with Crippen molar-refractivity contribution in [1.29, 1.82) is 0 Å². The van der Waals surface area contributed by atoms with E-state index in [9.17, 15) is 9.59 Å². The molecule has 1 fully saturated rings. The highest BCUT2D eigenvalue weighted by Gasteiger charge is 2.24. The maximum Gasteiger partial charge on any atom is 0.253 e. The lowest BCUT2D eigenvalue weighted by atomic mass is 9.97. The van der Waals surface area contributed by atoms with Crippen molar-refractivity contribution in [3.63, 3.8) is 0 Å². The van der Waals surface area contributed by atoms with Gasteiger partial charge in [0.15, 0.2) is 0 Å². The van der Waals surface area contributed by atoms with E-state index >= 15 is 0 Å². The quantitative estimate of drug-likeness (QED) is 0.691. The van der Waals surface area contributed by atoms with Gasteiger partial charge in [-0.1, -0.05) is 6.07 Å². The van der Waals surface area contributed by atoms with Crippen molar-refractivity contribution in [3.8, 4) is 0 Å². The Morgan fingerprint density at radius 2 is 2.10 bits per heavy atom. The van der Waals surface area contributed by atoms with Crippen LogP contribution in [-0.2, 0) is 11.3 Å². The molecule has 1 atom stereocenters. The van der Waals surface area contributed by atoms with Crippen LogP contribution in [0, 0.1) is 5.92 Å². The van der Waals surface area contributed by atoms with Crippen LogP contribution >= 0.6 is 24.8 Å². The summed E-state index contributed by atoms with van der Waals surface area (Å²) in [6, 6.07) is 7.20. The minimum absolute atomic E-state index is 0. The number of carbonyl (C=O) groups is 2. The highest BCUT2D eigenvalue weighted by molar-refractivity contribution is 5.97. The first-order valence-electron chi connectivity index (χ1n) is 9.45. The van der Waals surface area contributed by atoms with E-state index in [4.69, 9.17) is 0 Å². The normalized spacial score (nSPS) is 15.8. The van der Waals surface area contributed by atoms with Crippen molar-refractivity contribution in [3.05, 3.63) is 48.5 Å². The zero-order chi connectivity index (χ0) is 19.1. The second-order valence-corrected chi connectivity index (χ2v) is 7.00. The number of amides is 2. The van der Waals surface area contributed by atoms with E-state index in [1.165, 1.54) is 0 Å². The van der Waals surface area contributed by atoms with Crippen LogP contribution in [0.1, 0.15) is 29.6 Å². The van der Waals surface area contributed by atoms with Gasteiger partial charge in [-0.3, -0.25) is 9.59 Å². The van der Waals surface area contributed by atoms with Gasteiger partial charge >= 0.3 is 0 Å². The number of imidazole rings is 1. The summed E-state index contributed by atoms with van der Waals surface area (Å²) in [5.74, 6) is 0.449. The maximum absolute atomic E-state index is 12.9. The molecule has 0 radical (unpaired) electrons. The van der Waals surface area contributed by atoms with Gasteiger partial charge in [-0.05, 0) is 50.6 Å². The summed E-state index contributed by atoms with van der Waals surface area (Å²) < 4.78 is 1.86. The monoisotopic (exact) mass is 441 g/mol. The van der Waals surface area contributed by atoms with E-state index in [0.717, 1.165) is 32.5 Å². The van der Waals surface area contributed by atoms with Crippen molar-refractivity contribution in [1.82, 2.24) is 19.8 Å². The van der Waals surface area contributed by atoms with Crippen LogP contribution in [-0.4, -0.2) is 52.9 Å². The molecule has 9 heteroatoms. The van der Waals surface area contributed by atoms with Crippen LogP contribution in [0.2, 0.25) is 0 Å². The zero-order valence-electron chi connectivity index (χ0n) is 16.5. The molecular weight excluding hydrogens is 413 g/mol. The van der Waals surface area contributed by atoms with E-state index in [0.29, 0.717) is 30.1 Å².